The molecule has 0 amide bonds. The van der Waals surface area contributed by atoms with Gasteiger partial charge in [-0.2, -0.15) is 5.21 Å². The second-order valence-electron chi connectivity index (χ2n) is 4.33. The number of pyridine rings is 1. The molecule has 2 heterocycles. The molecular weight excluding hydrogens is 294 g/mol. The topological polar surface area (TPSA) is 126 Å². The average Bonchev–Trinajstić information content (AvgIpc) is 3.00. The van der Waals surface area contributed by atoms with Crippen LogP contribution in [0.5, 0.6) is 0 Å². The summed E-state index contributed by atoms with van der Waals surface area (Å²) in [5.41, 5.74) is 0.931. The SMILES string of the molecule is CCCNCc1ccc(S(=O)(=O)NCc2nn[nH]n2)nc1. The number of aromatic amines is 1. The van der Waals surface area contributed by atoms with Crippen molar-refractivity contribution in [3.63, 3.8) is 0 Å². The van der Waals surface area contributed by atoms with Gasteiger partial charge in [-0.1, -0.05) is 18.2 Å². The molecule has 2 aromatic heterocycles. The summed E-state index contributed by atoms with van der Waals surface area (Å²) in [5, 5.41) is 16.1. The molecule has 0 unspecified atom stereocenters. The van der Waals surface area contributed by atoms with Gasteiger partial charge in [0.1, 0.15) is 0 Å². The van der Waals surface area contributed by atoms with Crippen molar-refractivity contribution < 1.29 is 8.42 Å². The molecule has 0 fully saturated rings. The molecule has 0 saturated carbocycles. The van der Waals surface area contributed by atoms with Gasteiger partial charge in [0.15, 0.2) is 10.9 Å². The van der Waals surface area contributed by atoms with Crippen LogP contribution in [0.2, 0.25) is 0 Å². The third-order valence-corrected chi connectivity index (χ3v) is 3.95. The summed E-state index contributed by atoms with van der Waals surface area (Å²) in [6, 6.07) is 3.21. The molecule has 2 rings (SSSR count). The van der Waals surface area contributed by atoms with Crippen molar-refractivity contribution in [1.82, 2.24) is 35.6 Å². The zero-order chi connectivity index (χ0) is 15.1. The number of nitrogens with one attached hydrogen (secondary N) is 3. The molecule has 21 heavy (non-hydrogen) atoms. The van der Waals surface area contributed by atoms with Gasteiger partial charge in [0.25, 0.3) is 10.0 Å². The lowest BCUT2D eigenvalue weighted by molar-refractivity contribution is 0.575. The van der Waals surface area contributed by atoms with Crippen molar-refractivity contribution in [2.75, 3.05) is 6.54 Å². The van der Waals surface area contributed by atoms with Crippen molar-refractivity contribution in [3.05, 3.63) is 29.7 Å². The van der Waals surface area contributed by atoms with Crippen molar-refractivity contribution >= 4 is 10.0 Å². The molecule has 0 aromatic carbocycles. The van der Waals surface area contributed by atoms with Gasteiger partial charge in [-0.15, -0.1) is 10.2 Å². The predicted octanol–water partition coefficient (Wildman–Crippen LogP) is -0.427. The monoisotopic (exact) mass is 311 g/mol. The lowest BCUT2D eigenvalue weighted by Crippen LogP contribution is -2.25. The van der Waals surface area contributed by atoms with Crippen LogP contribution < -0.4 is 10.0 Å². The van der Waals surface area contributed by atoms with Crippen molar-refractivity contribution in [2.24, 2.45) is 0 Å². The van der Waals surface area contributed by atoms with Crippen molar-refractivity contribution in [2.45, 2.75) is 31.5 Å². The van der Waals surface area contributed by atoms with Gasteiger partial charge in [-0.3, -0.25) is 0 Å². The zero-order valence-electron chi connectivity index (χ0n) is 11.6. The largest absolute Gasteiger partial charge is 0.313 e. The Labute approximate surface area is 122 Å². The Hall–Kier alpha value is -1.91. The van der Waals surface area contributed by atoms with E-state index in [4.69, 9.17) is 0 Å². The minimum atomic E-state index is -3.68. The Bertz CT molecular complexity index is 640. The van der Waals surface area contributed by atoms with E-state index in [0.717, 1.165) is 18.5 Å². The number of hydrogen-bond acceptors (Lipinski definition) is 7. The Morgan fingerprint density at radius 1 is 1.29 bits per heavy atom. The third kappa shape index (κ3) is 4.55. The maximum atomic E-state index is 12.0. The second-order valence-corrected chi connectivity index (χ2v) is 6.05. The minimum Gasteiger partial charge on any atom is -0.313 e. The van der Waals surface area contributed by atoms with Gasteiger partial charge in [-0.25, -0.2) is 18.1 Å². The molecule has 3 N–H and O–H groups in total. The van der Waals surface area contributed by atoms with Gasteiger partial charge in [0.05, 0.1) is 6.54 Å². The van der Waals surface area contributed by atoms with E-state index in [1.165, 1.54) is 6.07 Å². The Morgan fingerprint density at radius 3 is 2.76 bits per heavy atom. The first-order valence-electron chi connectivity index (χ1n) is 6.49. The fraction of sp³-hybridized carbons (Fsp3) is 0.455. The van der Waals surface area contributed by atoms with Gasteiger partial charge in [0, 0.05) is 12.7 Å². The molecule has 114 valence electrons. The highest BCUT2D eigenvalue weighted by molar-refractivity contribution is 7.89. The third-order valence-electron chi connectivity index (χ3n) is 2.64. The zero-order valence-corrected chi connectivity index (χ0v) is 12.4. The number of sulfonamides is 1. The molecule has 0 aliphatic heterocycles. The van der Waals surface area contributed by atoms with E-state index in [1.807, 2.05) is 0 Å². The van der Waals surface area contributed by atoms with Crippen LogP contribution >= 0.6 is 0 Å². The molecule has 0 aliphatic carbocycles. The lowest BCUT2D eigenvalue weighted by atomic mass is 10.3. The van der Waals surface area contributed by atoms with E-state index in [-0.39, 0.29) is 17.4 Å². The highest BCUT2D eigenvalue weighted by Gasteiger charge is 2.16. The first-order chi connectivity index (χ1) is 10.1. The van der Waals surface area contributed by atoms with Crippen LogP contribution in [-0.2, 0) is 23.1 Å². The molecule has 0 saturated heterocycles. The smallest absolute Gasteiger partial charge is 0.258 e. The van der Waals surface area contributed by atoms with Crippen LogP contribution in [-0.4, -0.2) is 40.6 Å². The highest BCUT2D eigenvalue weighted by atomic mass is 32.2. The quantitative estimate of drug-likeness (QED) is 0.565. The summed E-state index contributed by atoms with van der Waals surface area (Å²) in [5.74, 6) is 0.263. The van der Waals surface area contributed by atoms with Crippen LogP contribution in [0.3, 0.4) is 0 Å². The van der Waals surface area contributed by atoms with E-state index in [0.29, 0.717) is 6.54 Å². The number of nitrogens with zero attached hydrogens (tertiary/aromatic N) is 4. The molecule has 0 bridgehead atoms. The summed E-state index contributed by atoms with van der Waals surface area (Å²) >= 11 is 0. The number of H-pyrrole nitrogens is 1. The Kier molecular flexibility index (Phi) is 5.31. The molecule has 0 radical (unpaired) electrons. The standard InChI is InChI=1S/C11H17N7O2S/c1-2-5-12-6-9-3-4-11(13-7-9)21(19,20)14-8-10-15-17-18-16-10/h3-4,7,12,14H,2,5-6,8H2,1H3,(H,15,16,17,18). The van der Waals surface area contributed by atoms with E-state index in [2.05, 4.69) is 42.6 Å². The van der Waals surface area contributed by atoms with E-state index in [9.17, 15) is 8.42 Å². The molecule has 9 nitrogen and oxygen atoms in total. The lowest BCUT2D eigenvalue weighted by Gasteiger charge is -2.06. The Balaban J connectivity index is 1.96. The van der Waals surface area contributed by atoms with Gasteiger partial charge in [0.2, 0.25) is 0 Å². The van der Waals surface area contributed by atoms with Gasteiger partial charge in [-0.05, 0) is 24.6 Å². The van der Waals surface area contributed by atoms with Crippen molar-refractivity contribution in [1.29, 1.82) is 0 Å². The van der Waals surface area contributed by atoms with E-state index in [1.54, 1.807) is 12.3 Å². The molecule has 0 atom stereocenters. The molecule has 2 aromatic rings. The van der Waals surface area contributed by atoms with Gasteiger partial charge < -0.3 is 5.32 Å². The number of hydrogen-bond donors (Lipinski definition) is 3. The van der Waals surface area contributed by atoms with Crippen LogP contribution in [0, 0.1) is 0 Å². The summed E-state index contributed by atoms with van der Waals surface area (Å²) in [6.45, 7) is 3.61. The van der Waals surface area contributed by atoms with Crippen LogP contribution in [0.15, 0.2) is 23.4 Å². The molecule has 0 spiro atoms. The molecule has 0 aliphatic rings. The van der Waals surface area contributed by atoms with E-state index >= 15 is 0 Å². The second kappa shape index (κ2) is 7.20. The summed E-state index contributed by atoms with van der Waals surface area (Å²) < 4.78 is 26.4. The normalized spacial score (nSPS) is 11.7. The molecular formula is C11H17N7O2S. The summed E-state index contributed by atoms with van der Waals surface area (Å²) in [4.78, 5) is 3.97. The van der Waals surface area contributed by atoms with Crippen LogP contribution in [0.1, 0.15) is 24.7 Å². The Morgan fingerprint density at radius 2 is 2.14 bits per heavy atom. The van der Waals surface area contributed by atoms with Crippen LogP contribution in [0.25, 0.3) is 0 Å². The van der Waals surface area contributed by atoms with E-state index < -0.39 is 10.0 Å². The first-order valence-corrected chi connectivity index (χ1v) is 7.98. The average molecular weight is 311 g/mol. The van der Waals surface area contributed by atoms with Crippen molar-refractivity contribution in [3.8, 4) is 0 Å². The summed E-state index contributed by atoms with van der Waals surface area (Å²) in [7, 11) is -3.68. The maximum Gasteiger partial charge on any atom is 0.258 e. The fourth-order valence-corrected chi connectivity index (χ4v) is 2.48. The van der Waals surface area contributed by atoms with Gasteiger partial charge >= 0.3 is 0 Å². The number of aromatic nitrogens is 5. The maximum absolute atomic E-state index is 12.0. The number of rotatable bonds is 8. The fourth-order valence-electron chi connectivity index (χ4n) is 1.57. The molecule has 10 heteroatoms. The first kappa shape index (κ1) is 15.5. The summed E-state index contributed by atoms with van der Waals surface area (Å²) in [6.07, 6.45) is 2.59. The number of tetrazole rings is 1. The highest BCUT2D eigenvalue weighted by Crippen LogP contribution is 2.07. The van der Waals surface area contributed by atoms with Crippen LogP contribution in [0.4, 0.5) is 0 Å². The minimum absolute atomic E-state index is 0.0368. The predicted molar refractivity (Wildman–Crippen MR) is 74.4 cm³/mol.